The van der Waals surface area contributed by atoms with Gasteiger partial charge in [0, 0.05) is 23.2 Å². The monoisotopic (exact) mass is 465 g/mol. The molecule has 3 N–H and O–H groups in total. The lowest BCUT2D eigenvalue weighted by Gasteiger charge is -2.14. The molecule has 0 unspecified atom stereocenters. The first kappa shape index (κ1) is 21.6. The molecule has 3 aromatic carbocycles. The molecule has 0 aliphatic rings. The molecular weight excluding hydrogens is 446 g/mol. The molecule has 32 heavy (non-hydrogen) atoms. The Labute approximate surface area is 190 Å². The highest BCUT2D eigenvalue weighted by Crippen LogP contribution is 2.27. The topological polar surface area (TPSA) is 113 Å². The highest BCUT2D eigenvalue weighted by Gasteiger charge is 2.19. The zero-order valence-corrected chi connectivity index (χ0v) is 18.6. The van der Waals surface area contributed by atoms with Crippen molar-refractivity contribution in [3.63, 3.8) is 0 Å². The highest BCUT2D eigenvalue weighted by molar-refractivity contribution is 7.92. The van der Waals surface area contributed by atoms with Crippen molar-refractivity contribution in [2.75, 3.05) is 15.4 Å². The van der Waals surface area contributed by atoms with Crippen LogP contribution in [0.25, 0.3) is 11.0 Å². The Morgan fingerprint density at radius 1 is 0.812 bits per heavy atom. The number of nitrogens with one attached hydrogen (secondary N) is 3. The second-order valence-electron chi connectivity index (χ2n) is 6.89. The number of carbonyl (C=O) groups excluding carboxylic acids is 1. The van der Waals surface area contributed by atoms with E-state index in [4.69, 9.17) is 0 Å². The number of sulfonamides is 1. The summed E-state index contributed by atoms with van der Waals surface area (Å²) in [6.45, 7) is 1.38. The van der Waals surface area contributed by atoms with E-state index < -0.39 is 10.0 Å². The van der Waals surface area contributed by atoms with Gasteiger partial charge in [0.25, 0.3) is 10.0 Å². The molecule has 0 radical (unpaired) electrons. The number of rotatable bonds is 6. The van der Waals surface area contributed by atoms with Crippen LogP contribution in [0, 0.1) is 0 Å². The summed E-state index contributed by atoms with van der Waals surface area (Å²) in [6.07, 6.45) is 0. The van der Waals surface area contributed by atoms with E-state index in [0.717, 1.165) is 4.90 Å². The molecule has 10 heteroatoms. The number of nitrogens with zero attached hydrogens (tertiary/aromatic N) is 2. The number of aromatic nitrogens is 2. The minimum absolute atomic E-state index is 0.0203. The van der Waals surface area contributed by atoms with E-state index in [1.807, 2.05) is 6.07 Å². The molecule has 0 aliphatic carbocycles. The molecule has 4 rings (SSSR count). The fraction of sp³-hybridized carbons (Fsp3) is 0.0455. The molecule has 0 atom stereocenters. The fourth-order valence-electron chi connectivity index (χ4n) is 2.95. The maximum Gasteiger partial charge on any atom is 0.263 e. The molecule has 162 valence electrons. The van der Waals surface area contributed by atoms with E-state index in [2.05, 4.69) is 38.0 Å². The van der Waals surface area contributed by atoms with E-state index in [9.17, 15) is 13.2 Å². The number of hydrogen-bond acceptors (Lipinski definition) is 7. The molecule has 4 aromatic rings. The van der Waals surface area contributed by atoms with Crippen LogP contribution in [-0.4, -0.2) is 24.3 Å². The van der Waals surface area contributed by atoms with Crippen LogP contribution in [0.15, 0.2) is 82.6 Å². The first-order valence-corrected chi connectivity index (χ1v) is 11.5. The summed E-state index contributed by atoms with van der Waals surface area (Å²) >= 11 is 4.28. The molecule has 0 bridgehead atoms. The largest absolute Gasteiger partial charge is 0.337 e. The summed E-state index contributed by atoms with van der Waals surface area (Å²) in [7, 11) is -3.97. The zero-order valence-electron chi connectivity index (χ0n) is 16.9. The average molecular weight is 466 g/mol. The van der Waals surface area contributed by atoms with Gasteiger partial charge in [0.2, 0.25) is 5.91 Å². The summed E-state index contributed by atoms with van der Waals surface area (Å²) in [6, 6.07) is 20.2. The third-order valence-electron chi connectivity index (χ3n) is 4.42. The standard InChI is InChI=1S/C22H19N5O3S2/c1-14(28)23-15-8-12-18(13-9-15)32(29,30)27-22-21(24-16-6-10-17(31)11-7-16)25-19-4-2-3-5-20(19)26-22/h2-13,31H,1H3,(H,23,28)(H,24,25)(H,26,27). The quantitative estimate of drug-likeness (QED) is 0.314. The first-order chi connectivity index (χ1) is 15.3. The maximum absolute atomic E-state index is 13.0. The Hall–Kier alpha value is -3.63. The Morgan fingerprint density at radius 3 is 1.97 bits per heavy atom. The predicted octanol–water partition coefficient (Wildman–Crippen LogP) is 4.42. The number of amides is 1. The lowest BCUT2D eigenvalue weighted by Crippen LogP contribution is -2.16. The molecule has 1 amide bonds. The second kappa shape index (κ2) is 8.85. The number of hydrogen-bond donors (Lipinski definition) is 4. The minimum Gasteiger partial charge on any atom is -0.337 e. The van der Waals surface area contributed by atoms with E-state index >= 15 is 0 Å². The molecule has 0 aliphatic heterocycles. The van der Waals surface area contributed by atoms with Crippen LogP contribution < -0.4 is 15.4 Å². The number of para-hydroxylation sites is 2. The van der Waals surface area contributed by atoms with Crippen LogP contribution in [0.2, 0.25) is 0 Å². The predicted molar refractivity (Wildman–Crippen MR) is 128 cm³/mol. The lowest BCUT2D eigenvalue weighted by molar-refractivity contribution is -0.114. The highest BCUT2D eigenvalue weighted by atomic mass is 32.2. The van der Waals surface area contributed by atoms with Gasteiger partial charge in [0.05, 0.1) is 15.9 Å². The van der Waals surface area contributed by atoms with Crippen molar-refractivity contribution in [2.24, 2.45) is 0 Å². The Kier molecular flexibility index (Phi) is 5.97. The van der Waals surface area contributed by atoms with E-state index in [1.165, 1.54) is 31.2 Å². The number of thiol groups is 1. The van der Waals surface area contributed by atoms with Crippen LogP contribution in [0.5, 0.6) is 0 Å². The number of benzene rings is 3. The Morgan fingerprint density at radius 2 is 1.38 bits per heavy atom. The number of carbonyl (C=O) groups is 1. The van der Waals surface area contributed by atoms with Crippen LogP contribution in [0.4, 0.5) is 23.0 Å². The molecule has 1 aromatic heterocycles. The normalized spacial score (nSPS) is 11.2. The van der Waals surface area contributed by atoms with Crippen molar-refractivity contribution in [2.45, 2.75) is 16.7 Å². The minimum atomic E-state index is -3.97. The van der Waals surface area contributed by atoms with Crippen LogP contribution in [0.1, 0.15) is 6.92 Å². The van der Waals surface area contributed by atoms with Gasteiger partial charge in [-0.25, -0.2) is 18.4 Å². The molecule has 8 nitrogen and oxygen atoms in total. The summed E-state index contributed by atoms with van der Waals surface area (Å²) in [4.78, 5) is 21.0. The van der Waals surface area contributed by atoms with Crippen LogP contribution in [0.3, 0.4) is 0 Å². The van der Waals surface area contributed by atoms with Gasteiger partial charge in [0.15, 0.2) is 11.6 Å². The van der Waals surface area contributed by atoms with E-state index in [0.29, 0.717) is 22.4 Å². The van der Waals surface area contributed by atoms with Gasteiger partial charge < -0.3 is 10.6 Å². The van der Waals surface area contributed by atoms with Crippen molar-refractivity contribution in [3.05, 3.63) is 72.8 Å². The first-order valence-electron chi connectivity index (χ1n) is 9.53. The third kappa shape index (κ3) is 4.98. The van der Waals surface area contributed by atoms with Crippen molar-refractivity contribution < 1.29 is 13.2 Å². The van der Waals surface area contributed by atoms with Gasteiger partial charge in [-0.3, -0.25) is 9.52 Å². The SMILES string of the molecule is CC(=O)Nc1ccc(S(=O)(=O)Nc2nc3ccccc3nc2Nc2ccc(S)cc2)cc1. The van der Waals surface area contributed by atoms with E-state index in [1.54, 1.807) is 42.5 Å². The van der Waals surface area contributed by atoms with Crippen molar-refractivity contribution in [1.82, 2.24) is 9.97 Å². The molecular formula is C22H19N5O3S2. The van der Waals surface area contributed by atoms with Gasteiger partial charge in [-0.15, -0.1) is 12.6 Å². The van der Waals surface area contributed by atoms with Crippen molar-refractivity contribution >= 4 is 62.6 Å². The van der Waals surface area contributed by atoms with Gasteiger partial charge in [-0.1, -0.05) is 12.1 Å². The number of anilines is 4. The van der Waals surface area contributed by atoms with Crippen molar-refractivity contribution in [3.8, 4) is 0 Å². The summed E-state index contributed by atoms with van der Waals surface area (Å²) in [5.41, 5.74) is 2.36. The second-order valence-corrected chi connectivity index (χ2v) is 9.09. The lowest BCUT2D eigenvalue weighted by atomic mass is 10.3. The zero-order chi connectivity index (χ0) is 22.7. The molecule has 0 fully saturated rings. The summed E-state index contributed by atoms with van der Waals surface area (Å²) < 4.78 is 28.6. The van der Waals surface area contributed by atoms with Crippen LogP contribution >= 0.6 is 12.6 Å². The molecule has 0 saturated carbocycles. The van der Waals surface area contributed by atoms with E-state index in [-0.39, 0.29) is 22.4 Å². The average Bonchev–Trinajstić information content (AvgIpc) is 2.75. The number of fused-ring (bicyclic) bond motifs is 1. The molecule has 1 heterocycles. The maximum atomic E-state index is 13.0. The fourth-order valence-corrected chi connectivity index (χ4v) is 4.10. The van der Waals surface area contributed by atoms with Gasteiger partial charge in [-0.05, 0) is 60.7 Å². The molecule has 0 saturated heterocycles. The molecule has 0 spiro atoms. The summed E-state index contributed by atoms with van der Waals surface area (Å²) in [5, 5.41) is 5.72. The summed E-state index contributed by atoms with van der Waals surface area (Å²) in [5.74, 6) is 0.0745. The third-order valence-corrected chi connectivity index (χ3v) is 6.07. The Balaban J connectivity index is 1.70. The van der Waals surface area contributed by atoms with Gasteiger partial charge in [-0.2, -0.15) is 0 Å². The van der Waals surface area contributed by atoms with Crippen molar-refractivity contribution in [1.29, 1.82) is 0 Å². The van der Waals surface area contributed by atoms with Gasteiger partial charge >= 0.3 is 0 Å². The smallest absolute Gasteiger partial charge is 0.263 e. The Bertz CT molecular complexity index is 1390. The van der Waals surface area contributed by atoms with Gasteiger partial charge in [0.1, 0.15) is 0 Å². The van der Waals surface area contributed by atoms with Crippen LogP contribution in [-0.2, 0) is 14.8 Å².